The third-order valence-electron chi connectivity index (χ3n) is 3.63. The first-order chi connectivity index (χ1) is 13.0. The molecule has 9 heteroatoms. The Bertz CT molecular complexity index is 779. The highest BCUT2D eigenvalue weighted by atomic mass is 16.6. The Hall–Kier alpha value is -3.33. The second-order valence-electron chi connectivity index (χ2n) is 5.47. The molecule has 27 heavy (non-hydrogen) atoms. The maximum absolute atomic E-state index is 12.1. The average Bonchev–Trinajstić information content (AvgIpc) is 2.68. The minimum Gasteiger partial charge on any atom is -0.466 e. The summed E-state index contributed by atoms with van der Waals surface area (Å²) in [4.78, 5) is 31.3. The van der Waals surface area contributed by atoms with E-state index in [0.29, 0.717) is 11.1 Å². The largest absolute Gasteiger partial charge is 0.466 e. The van der Waals surface area contributed by atoms with Gasteiger partial charge in [0, 0.05) is 24.5 Å². The van der Waals surface area contributed by atoms with Crippen LogP contribution in [0.2, 0.25) is 0 Å². The number of rotatable bonds is 9. The van der Waals surface area contributed by atoms with Gasteiger partial charge in [-0.3, -0.25) is 19.9 Å². The normalized spacial score (nSPS) is 13.1. The molecule has 0 saturated heterocycles. The number of non-ortho nitro benzene ring substituents is 1. The van der Waals surface area contributed by atoms with Crippen LogP contribution in [0.4, 0.5) is 5.69 Å². The summed E-state index contributed by atoms with van der Waals surface area (Å²) in [6, 6.07) is 9.00. The Labute approximate surface area is 155 Å². The van der Waals surface area contributed by atoms with Crippen LogP contribution in [0.1, 0.15) is 24.2 Å². The van der Waals surface area contributed by atoms with Crippen LogP contribution in [0, 0.1) is 16.0 Å². The van der Waals surface area contributed by atoms with E-state index in [1.54, 1.807) is 25.3 Å². The van der Waals surface area contributed by atoms with Crippen LogP contribution in [-0.2, 0) is 14.4 Å². The van der Waals surface area contributed by atoms with Crippen molar-refractivity contribution in [3.8, 4) is 0 Å². The fraction of sp³-hybridized carbons (Fsp3) is 0.278. The average molecular weight is 373 g/mol. The molecular formula is C18H19N3O6. The van der Waals surface area contributed by atoms with E-state index in [1.807, 2.05) is 0 Å². The maximum atomic E-state index is 12.1. The van der Waals surface area contributed by atoms with Gasteiger partial charge in [0.05, 0.1) is 23.8 Å². The van der Waals surface area contributed by atoms with Crippen molar-refractivity contribution in [3.05, 3.63) is 70.0 Å². The molecule has 142 valence electrons. The molecule has 0 aliphatic carbocycles. The number of nitro benzene ring substituents is 1. The predicted octanol–water partition coefficient (Wildman–Crippen LogP) is 2.25. The molecule has 1 aromatic heterocycles. The van der Waals surface area contributed by atoms with E-state index in [0.717, 1.165) is 0 Å². The molecule has 1 N–H and O–H groups in total. The van der Waals surface area contributed by atoms with Gasteiger partial charge in [-0.2, -0.15) is 0 Å². The van der Waals surface area contributed by atoms with Gasteiger partial charge in [0.2, 0.25) is 0 Å². The SMILES string of the molecule is CCOC(=O)C(CO/N=C/c1ccc([N+](=O)[O-])cc1)C(O)c1cccnc1. The number of aliphatic hydroxyl groups excluding tert-OH is 1. The number of benzene rings is 1. The van der Waals surface area contributed by atoms with E-state index in [-0.39, 0.29) is 18.9 Å². The fourth-order valence-corrected chi connectivity index (χ4v) is 2.22. The summed E-state index contributed by atoms with van der Waals surface area (Å²) in [6.07, 6.45) is 3.20. The summed E-state index contributed by atoms with van der Waals surface area (Å²) in [5, 5.41) is 24.8. The molecule has 0 fully saturated rings. The maximum Gasteiger partial charge on any atom is 0.315 e. The lowest BCUT2D eigenvalue weighted by Crippen LogP contribution is -2.28. The van der Waals surface area contributed by atoms with Crippen molar-refractivity contribution >= 4 is 17.9 Å². The lowest BCUT2D eigenvalue weighted by molar-refractivity contribution is -0.384. The van der Waals surface area contributed by atoms with Crippen LogP contribution >= 0.6 is 0 Å². The predicted molar refractivity (Wildman–Crippen MR) is 96.0 cm³/mol. The molecule has 2 atom stereocenters. The Kier molecular flexibility index (Phi) is 7.38. The van der Waals surface area contributed by atoms with E-state index < -0.39 is 22.9 Å². The minimum absolute atomic E-state index is 0.0324. The first-order valence-corrected chi connectivity index (χ1v) is 8.17. The molecule has 0 saturated carbocycles. The zero-order valence-electron chi connectivity index (χ0n) is 14.6. The summed E-state index contributed by atoms with van der Waals surface area (Å²) >= 11 is 0. The van der Waals surface area contributed by atoms with E-state index >= 15 is 0 Å². The highest BCUT2D eigenvalue weighted by molar-refractivity contribution is 5.79. The highest BCUT2D eigenvalue weighted by Crippen LogP contribution is 2.23. The number of esters is 1. The molecule has 1 aromatic carbocycles. The van der Waals surface area contributed by atoms with E-state index in [1.165, 1.54) is 36.7 Å². The molecule has 2 unspecified atom stereocenters. The smallest absolute Gasteiger partial charge is 0.315 e. The van der Waals surface area contributed by atoms with Crippen molar-refractivity contribution in [1.29, 1.82) is 0 Å². The zero-order chi connectivity index (χ0) is 19.6. The molecular weight excluding hydrogens is 354 g/mol. The van der Waals surface area contributed by atoms with Crippen LogP contribution in [0.15, 0.2) is 53.9 Å². The zero-order valence-corrected chi connectivity index (χ0v) is 14.6. The molecule has 0 bridgehead atoms. The Morgan fingerprint density at radius 1 is 1.37 bits per heavy atom. The number of aliphatic hydroxyl groups is 1. The second-order valence-corrected chi connectivity index (χ2v) is 5.47. The molecule has 0 aliphatic rings. The van der Waals surface area contributed by atoms with Gasteiger partial charge in [0.15, 0.2) is 0 Å². The molecule has 0 amide bonds. The molecule has 0 radical (unpaired) electrons. The van der Waals surface area contributed by atoms with E-state index in [2.05, 4.69) is 10.1 Å². The van der Waals surface area contributed by atoms with Gasteiger partial charge >= 0.3 is 5.97 Å². The second kappa shape index (κ2) is 9.97. The number of oxime groups is 1. The van der Waals surface area contributed by atoms with Gasteiger partial charge in [-0.1, -0.05) is 11.2 Å². The van der Waals surface area contributed by atoms with Crippen molar-refractivity contribution in [2.24, 2.45) is 11.1 Å². The number of carbonyl (C=O) groups excluding carboxylic acids is 1. The number of aromatic nitrogens is 1. The molecule has 2 rings (SSSR count). The summed E-state index contributed by atoms with van der Waals surface area (Å²) in [5.41, 5.74) is 1.01. The first-order valence-electron chi connectivity index (χ1n) is 8.17. The van der Waals surface area contributed by atoms with Crippen molar-refractivity contribution < 1.29 is 24.4 Å². The summed E-state index contributed by atoms with van der Waals surface area (Å²) in [5.74, 6) is -1.59. The summed E-state index contributed by atoms with van der Waals surface area (Å²) < 4.78 is 4.98. The van der Waals surface area contributed by atoms with Crippen LogP contribution in [0.25, 0.3) is 0 Å². The number of pyridine rings is 1. The van der Waals surface area contributed by atoms with Crippen molar-refractivity contribution in [3.63, 3.8) is 0 Å². The van der Waals surface area contributed by atoms with E-state index in [4.69, 9.17) is 9.57 Å². The molecule has 2 aromatic rings. The highest BCUT2D eigenvalue weighted by Gasteiger charge is 2.30. The van der Waals surface area contributed by atoms with Gasteiger partial charge in [0.1, 0.15) is 12.5 Å². The van der Waals surface area contributed by atoms with Crippen LogP contribution in [-0.4, -0.2) is 40.4 Å². The number of nitrogens with zero attached hydrogens (tertiary/aromatic N) is 3. The van der Waals surface area contributed by atoms with Crippen molar-refractivity contribution in [2.45, 2.75) is 13.0 Å². The lowest BCUT2D eigenvalue weighted by atomic mass is 9.98. The monoisotopic (exact) mass is 373 g/mol. The third kappa shape index (κ3) is 5.86. The Balaban J connectivity index is 2.00. The molecule has 9 nitrogen and oxygen atoms in total. The third-order valence-corrected chi connectivity index (χ3v) is 3.63. The molecule has 1 heterocycles. The Morgan fingerprint density at radius 2 is 2.11 bits per heavy atom. The van der Waals surface area contributed by atoms with Crippen molar-refractivity contribution in [1.82, 2.24) is 4.98 Å². The van der Waals surface area contributed by atoms with Gasteiger partial charge in [0.25, 0.3) is 5.69 Å². The number of ether oxygens (including phenoxy) is 1. The fourth-order valence-electron chi connectivity index (χ4n) is 2.22. The first kappa shape index (κ1) is 20.0. The topological polar surface area (TPSA) is 124 Å². The summed E-state index contributed by atoms with van der Waals surface area (Å²) in [6.45, 7) is 1.62. The van der Waals surface area contributed by atoms with Crippen LogP contribution in [0.5, 0.6) is 0 Å². The number of hydrogen-bond acceptors (Lipinski definition) is 8. The number of hydrogen-bond donors (Lipinski definition) is 1. The number of nitro groups is 1. The minimum atomic E-state index is -1.16. The van der Waals surface area contributed by atoms with Gasteiger partial charge in [-0.05, 0) is 36.2 Å². The lowest BCUT2D eigenvalue weighted by Gasteiger charge is -2.20. The standard InChI is InChI=1S/C18H19N3O6/c1-2-26-18(23)16(17(22)14-4-3-9-19-11-14)12-27-20-10-13-5-7-15(8-6-13)21(24)25/h3-11,16-17,22H,2,12H2,1H3/b20-10+. The molecule has 0 spiro atoms. The van der Waals surface area contributed by atoms with Crippen molar-refractivity contribution in [2.75, 3.05) is 13.2 Å². The quantitative estimate of drug-likeness (QED) is 0.309. The van der Waals surface area contributed by atoms with E-state index in [9.17, 15) is 20.0 Å². The van der Waals surface area contributed by atoms with Gasteiger partial charge in [-0.25, -0.2) is 0 Å². The Morgan fingerprint density at radius 3 is 2.70 bits per heavy atom. The van der Waals surface area contributed by atoms with Gasteiger partial charge in [-0.15, -0.1) is 0 Å². The number of carbonyl (C=O) groups is 1. The van der Waals surface area contributed by atoms with Crippen LogP contribution < -0.4 is 0 Å². The van der Waals surface area contributed by atoms with Gasteiger partial charge < -0.3 is 14.7 Å². The van der Waals surface area contributed by atoms with Crippen LogP contribution in [0.3, 0.4) is 0 Å². The molecule has 0 aliphatic heterocycles. The summed E-state index contributed by atoms with van der Waals surface area (Å²) in [7, 11) is 0.